The number of hydrogen-bond donors (Lipinski definition) is 1. The zero-order valence-electron chi connectivity index (χ0n) is 8.57. The van der Waals surface area contributed by atoms with E-state index in [9.17, 15) is 0 Å². The Bertz CT molecular complexity index is 71.3. The highest BCUT2D eigenvalue weighted by molar-refractivity contribution is 5.75. The highest BCUT2D eigenvalue weighted by atomic mass is 16.6. The first kappa shape index (κ1) is 15.5. The maximum atomic E-state index is 5.23. The molecular formula is C10H26BNO. The van der Waals surface area contributed by atoms with Crippen LogP contribution in [0.4, 0.5) is 0 Å². The summed E-state index contributed by atoms with van der Waals surface area (Å²) in [5.74, 6) is 0. The molecule has 0 rings (SSSR count). The third-order valence-electron chi connectivity index (χ3n) is 1.83. The van der Waals surface area contributed by atoms with E-state index in [0.717, 1.165) is 13.2 Å². The minimum Gasteiger partial charge on any atom is -0.302 e. The standard InChI is InChI=1S/C10H23NO.BH3/c1-3-5-7-9-11-12-10-8-6-4-2;/h11H,3-10H2,1-2H3;1H3. The number of hydrogen-bond acceptors (Lipinski definition) is 2. The monoisotopic (exact) mass is 187 g/mol. The van der Waals surface area contributed by atoms with Gasteiger partial charge in [-0.3, -0.25) is 0 Å². The molecule has 2 nitrogen and oxygen atoms in total. The summed E-state index contributed by atoms with van der Waals surface area (Å²) in [5, 5.41) is 0. The Morgan fingerprint density at radius 1 is 0.923 bits per heavy atom. The summed E-state index contributed by atoms with van der Waals surface area (Å²) in [7, 11) is 0. The molecule has 13 heavy (non-hydrogen) atoms. The van der Waals surface area contributed by atoms with Crippen molar-refractivity contribution in [3.05, 3.63) is 0 Å². The SMILES string of the molecule is B.CCCCCNOCCCCC. The molecule has 0 aliphatic rings. The molecular weight excluding hydrogens is 161 g/mol. The van der Waals surface area contributed by atoms with Gasteiger partial charge in [0.1, 0.15) is 0 Å². The minimum atomic E-state index is 0. The molecule has 0 aromatic heterocycles. The van der Waals surface area contributed by atoms with Crippen molar-refractivity contribution < 1.29 is 4.84 Å². The third kappa shape index (κ3) is 14.8. The van der Waals surface area contributed by atoms with Crippen LogP contribution in [0.5, 0.6) is 0 Å². The maximum absolute atomic E-state index is 5.23. The van der Waals surface area contributed by atoms with Crippen molar-refractivity contribution in [1.29, 1.82) is 0 Å². The molecule has 0 amide bonds. The fourth-order valence-electron chi connectivity index (χ4n) is 1.02. The lowest BCUT2D eigenvalue weighted by molar-refractivity contribution is 0.0379. The summed E-state index contributed by atoms with van der Waals surface area (Å²) in [6.45, 7) is 6.27. The first-order valence-corrected chi connectivity index (χ1v) is 5.26. The van der Waals surface area contributed by atoms with Crippen molar-refractivity contribution in [2.75, 3.05) is 13.2 Å². The molecule has 80 valence electrons. The molecule has 0 saturated carbocycles. The second-order valence-electron chi connectivity index (χ2n) is 3.16. The Labute approximate surface area is 85.0 Å². The van der Waals surface area contributed by atoms with Gasteiger partial charge in [0, 0.05) is 6.54 Å². The van der Waals surface area contributed by atoms with Gasteiger partial charge in [-0.05, 0) is 12.8 Å². The molecule has 0 fully saturated rings. The van der Waals surface area contributed by atoms with Crippen molar-refractivity contribution >= 4 is 8.41 Å². The van der Waals surface area contributed by atoms with Crippen LogP contribution in [0.1, 0.15) is 52.4 Å². The number of nitrogens with one attached hydrogen (secondary N) is 1. The zero-order chi connectivity index (χ0) is 9.07. The third-order valence-corrected chi connectivity index (χ3v) is 1.83. The van der Waals surface area contributed by atoms with E-state index < -0.39 is 0 Å². The Hall–Kier alpha value is -0.0151. The van der Waals surface area contributed by atoms with Gasteiger partial charge >= 0.3 is 0 Å². The molecule has 1 N–H and O–H groups in total. The minimum absolute atomic E-state index is 0. The summed E-state index contributed by atoms with van der Waals surface area (Å²) in [5.41, 5.74) is 2.98. The van der Waals surface area contributed by atoms with E-state index in [-0.39, 0.29) is 8.41 Å². The van der Waals surface area contributed by atoms with Crippen LogP contribution < -0.4 is 5.48 Å². The lowest BCUT2D eigenvalue weighted by Gasteiger charge is -2.04. The van der Waals surface area contributed by atoms with Crippen molar-refractivity contribution in [3.63, 3.8) is 0 Å². The average molecular weight is 187 g/mol. The summed E-state index contributed by atoms with van der Waals surface area (Å²) in [4.78, 5) is 5.23. The average Bonchev–Trinajstić information content (AvgIpc) is 2.10. The van der Waals surface area contributed by atoms with Crippen LogP contribution in [0, 0.1) is 0 Å². The molecule has 0 aromatic rings. The summed E-state index contributed by atoms with van der Waals surface area (Å²) < 4.78 is 0. The Morgan fingerprint density at radius 3 is 2.15 bits per heavy atom. The van der Waals surface area contributed by atoms with Gasteiger partial charge in [0.25, 0.3) is 0 Å². The topological polar surface area (TPSA) is 21.3 Å². The maximum Gasteiger partial charge on any atom is 0.0814 e. The predicted octanol–water partition coefficient (Wildman–Crippen LogP) is 1.70. The van der Waals surface area contributed by atoms with E-state index in [1.54, 1.807) is 0 Å². The molecule has 3 heteroatoms. The van der Waals surface area contributed by atoms with Gasteiger partial charge < -0.3 is 4.84 Å². The largest absolute Gasteiger partial charge is 0.302 e. The van der Waals surface area contributed by atoms with E-state index in [0.29, 0.717) is 0 Å². The summed E-state index contributed by atoms with van der Waals surface area (Å²) in [6, 6.07) is 0. The van der Waals surface area contributed by atoms with Gasteiger partial charge in [-0.1, -0.05) is 39.5 Å². The van der Waals surface area contributed by atoms with Crippen LogP contribution in [0.25, 0.3) is 0 Å². The normalized spacial score (nSPS) is 9.69. The van der Waals surface area contributed by atoms with E-state index >= 15 is 0 Å². The first-order chi connectivity index (χ1) is 5.91. The lowest BCUT2D eigenvalue weighted by Crippen LogP contribution is -2.16. The molecule has 0 aliphatic heterocycles. The highest BCUT2D eigenvalue weighted by Crippen LogP contribution is 1.94. The smallest absolute Gasteiger partial charge is 0.0814 e. The van der Waals surface area contributed by atoms with Crippen LogP contribution in [0.3, 0.4) is 0 Å². The van der Waals surface area contributed by atoms with E-state index in [1.165, 1.54) is 38.5 Å². The Balaban J connectivity index is 0. The molecule has 0 aliphatic carbocycles. The molecule has 0 spiro atoms. The van der Waals surface area contributed by atoms with Gasteiger partial charge in [0.05, 0.1) is 15.0 Å². The molecule has 0 aromatic carbocycles. The quantitative estimate of drug-likeness (QED) is 0.337. The van der Waals surface area contributed by atoms with Crippen LogP contribution in [-0.2, 0) is 4.84 Å². The Morgan fingerprint density at radius 2 is 1.54 bits per heavy atom. The van der Waals surface area contributed by atoms with Crippen molar-refractivity contribution in [1.82, 2.24) is 5.48 Å². The second-order valence-corrected chi connectivity index (χ2v) is 3.16. The van der Waals surface area contributed by atoms with Crippen molar-refractivity contribution in [2.24, 2.45) is 0 Å². The van der Waals surface area contributed by atoms with Gasteiger partial charge in [-0.25, -0.2) is 5.48 Å². The fourth-order valence-corrected chi connectivity index (χ4v) is 1.02. The molecule has 0 radical (unpaired) electrons. The van der Waals surface area contributed by atoms with Gasteiger partial charge in [0.15, 0.2) is 0 Å². The first-order valence-electron chi connectivity index (χ1n) is 5.26. The fraction of sp³-hybridized carbons (Fsp3) is 1.00. The van der Waals surface area contributed by atoms with E-state index in [4.69, 9.17) is 4.84 Å². The number of hydroxylamine groups is 1. The van der Waals surface area contributed by atoms with Gasteiger partial charge in [-0.15, -0.1) is 0 Å². The van der Waals surface area contributed by atoms with Crippen LogP contribution in [0.15, 0.2) is 0 Å². The summed E-state index contributed by atoms with van der Waals surface area (Å²) >= 11 is 0. The molecule has 0 bridgehead atoms. The predicted molar refractivity (Wildman–Crippen MR) is 62.9 cm³/mol. The summed E-state index contributed by atoms with van der Waals surface area (Å²) in [6.07, 6.45) is 7.51. The Kier molecular flexibility index (Phi) is 17.2. The van der Waals surface area contributed by atoms with Crippen LogP contribution in [0.2, 0.25) is 0 Å². The van der Waals surface area contributed by atoms with Gasteiger partial charge in [0.2, 0.25) is 0 Å². The van der Waals surface area contributed by atoms with E-state index in [2.05, 4.69) is 19.3 Å². The van der Waals surface area contributed by atoms with Crippen LogP contribution >= 0.6 is 0 Å². The zero-order valence-corrected chi connectivity index (χ0v) is 8.57. The van der Waals surface area contributed by atoms with Crippen molar-refractivity contribution in [2.45, 2.75) is 52.4 Å². The number of rotatable bonds is 9. The molecule has 0 unspecified atom stereocenters. The van der Waals surface area contributed by atoms with E-state index in [1.807, 2.05) is 0 Å². The van der Waals surface area contributed by atoms with Gasteiger partial charge in [-0.2, -0.15) is 0 Å². The molecule has 0 atom stereocenters. The lowest BCUT2D eigenvalue weighted by atomic mass is 10.2. The van der Waals surface area contributed by atoms with Crippen molar-refractivity contribution in [3.8, 4) is 0 Å². The molecule has 0 saturated heterocycles. The molecule has 0 heterocycles. The second kappa shape index (κ2) is 14.5. The number of unbranched alkanes of at least 4 members (excludes halogenated alkanes) is 4. The van der Waals surface area contributed by atoms with Crippen LogP contribution in [-0.4, -0.2) is 21.6 Å². The highest BCUT2D eigenvalue weighted by Gasteiger charge is 1.88.